The van der Waals surface area contributed by atoms with Gasteiger partial charge in [0.15, 0.2) is 0 Å². The van der Waals surface area contributed by atoms with Gasteiger partial charge in [-0.15, -0.1) is 0 Å². The highest BCUT2D eigenvalue weighted by molar-refractivity contribution is 6.36. The summed E-state index contributed by atoms with van der Waals surface area (Å²) in [4.78, 5) is 35.5. The number of nitrogens with one attached hydrogen (secondary N) is 1. The predicted molar refractivity (Wildman–Crippen MR) is 119 cm³/mol. The van der Waals surface area contributed by atoms with Crippen molar-refractivity contribution < 1.29 is 19.2 Å². The molecule has 0 saturated carbocycles. The van der Waals surface area contributed by atoms with Gasteiger partial charge in [0.05, 0.1) is 28.3 Å². The first kappa shape index (κ1) is 21.7. The Morgan fingerprint density at radius 1 is 1.00 bits per heavy atom. The zero-order valence-electron chi connectivity index (χ0n) is 16.4. The minimum absolute atomic E-state index is 0.0876. The molecule has 8 heteroatoms. The van der Waals surface area contributed by atoms with Gasteiger partial charge in [0, 0.05) is 17.7 Å². The van der Waals surface area contributed by atoms with Crippen LogP contribution < -0.4 is 5.32 Å². The second kappa shape index (κ2) is 9.69. The minimum atomic E-state index is -0.567. The van der Waals surface area contributed by atoms with Crippen LogP contribution in [0.25, 0.3) is 11.6 Å². The van der Waals surface area contributed by atoms with Gasteiger partial charge in [0.25, 0.3) is 11.6 Å². The number of esters is 1. The number of hydrogen-bond acceptors (Lipinski definition) is 5. The van der Waals surface area contributed by atoms with Gasteiger partial charge in [-0.05, 0) is 35.4 Å². The number of carbonyl (C=O) groups is 2. The van der Waals surface area contributed by atoms with Crippen LogP contribution in [0.4, 0.5) is 11.4 Å². The fourth-order valence-corrected chi connectivity index (χ4v) is 3.01. The van der Waals surface area contributed by atoms with E-state index in [0.29, 0.717) is 11.1 Å². The van der Waals surface area contributed by atoms with Crippen molar-refractivity contribution in [3.63, 3.8) is 0 Å². The molecule has 0 bridgehead atoms. The van der Waals surface area contributed by atoms with E-state index in [-0.39, 0.29) is 27.5 Å². The van der Waals surface area contributed by atoms with Crippen molar-refractivity contribution in [2.45, 2.75) is 0 Å². The van der Waals surface area contributed by atoms with Gasteiger partial charge in [0.2, 0.25) is 0 Å². The molecule has 0 spiro atoms. The molecule has 3 rings (SSSR count). The molecule has 0 aromatic heterocycles. The van der Waals surface area contributed by atoms with E-state index in [1.807, 2.05) is 6.07 Å². The topological polar surface area (TPSA) is 98.5 Å². The third kappa shape index (κ3) is 5.34. The van der Waals surface area contributed by atoms with Gasteiger partial charge in [-0.3, -0.25) is 14.9 Å². The highest BCUT2D eigenvalue weighted by Crippen LogP contribution is 2.27. The van der Waals surface area contributed by atoms with E-state index in [0.717, 1.165) is 0 Å². The number of nitro groups is 1. The molecule has 0 fully saturated rings. The summed E-state index contributed by atoms with van der Waals surface area (Å²) in [5.74, 6) is -1.07. The molecule has 0 aliphatic carbocycles. The van der Waals surface area contributed by atoms with Crippen LogP contribution in [0.3, 0.4) is 0 Å². The Morgan fingerprint density at radius 3 is 2.42 bits per heavy atom. The summed E-state index contributed by atoms with van der Waals surface area (Å²) in [6.07, 6.45) is 1.55. The number of carbonyl (C=O) groups excluding carboxylic acids is 2. The molecule has 0 atom stereocenters. The van der Waals surface area contributed by atoms with Gasteiger partial charge in [-0.1, -0.05) is 54.1 Å². The monoisotopic (exact) mass is 436 g/mol. The number of halogens is 1. The molecule has 0 aliphatic rings. The number of hydrogen-bond donors (Lipinski definition) is 1. The molecule has 0 unspecified atom stereocenters. The Bertz CT molecular complexity index is 1180. The van der Waals surface area contributed by atoms with Gasteiger partial charge in [-0.25, -0.2) is 4.79 Å². The number of nitro benzene ring substituents is 1. The number of ether oxygens (including phenoxy) is 1. The van der Waals surface area contributed by atoms with Crippen molar-refractivity contribution in [3.05, 3.63) is 105 Å². The Kier molecular flexibility index (Phi) is 6.79. The Morgan fingerprint density at radius 2 is 1.74 bits per heavy atom. The average Bonchev–Trinajstić information content (AvgIpc) is 2.79. The van der Waals surface area contributed by atoms with E-state index < -0.39 is 16.8 Å². The summed E-state index contributed by atoms with van der Waals surface area (Å²) < 4.78 is 4.70. The van der Waals surface area contributed by atoms with Crippen LogP contribution in [-0.4, -0.2) is 23.9 Å². The Hall–Kier alpha value is -3.97. The largest absolute Gasteiger partial charge is 0.465 e. The number of non-ortho nitro benzene ring substituents is 1. The SMILES string of the molecule is COC(=O)c1ccc(Cl)c(NC(=O)/C(=C/c2cccc([N+](=O)[O-])c2)c2ccccc2)c1. The van der Waals surface area contributed by atoms with Crippen LogP contribution in [0.2, 0.25) is 5.02 Å². The lowest BCUT2D eigenvalue weighted by Crippen LogP contribution is -2.14. The molecular formula is C23H17ClN2O5. The van der Waals surface area contributed by atoms with Gasteiger partial charge < -0.3 is 10.1 Å². The molecule has 31 heavy (non-hydrogen) atoms. The van der Waals surface area contributed by atoms with Gasteiger partial charge in [-0.2, -0.15) is 0 Å². The number of rotatable bonds is 6. The van der Waals surface area contributed by atoms with Gasteiger partial charge in [0.1, 0.15) is 0 Å². The average molecular weight is 437 g/mol. The molecule has 0 heterocycles. The second-order valence-corrected chi connectivity index (χ2v) is 6.82. The van der Waals surface area contributed by atoms with Crippen molar-refractivity contribution in [1.82, 2.24) is 0 Å². The van der Waals surface area contributed by atoms with E-state index in [1.165, 1.54) is 37.4 Å². The number of nitrogens with zero attached hydrogens (tertiary/aromatic N) is 1. The lowest BCUT2D eigenvalue weighted by atomic mass is 10.0. The smallest absolute Gasteiger partial charge is 0.337 e. The molecule has 0 radical (unpaired) electrons. The first-order valence-corrected chi connectivity index (χ1v) is 9.47. The maximum absolute atomic E-state index is 13.2. The van der Waals surface area contributed by atoms with Crippen molar-refractivity contribution in [2.75, 3.05) is 12.4 Å². The van der Waals surface area contributed by atoms with Crippen molar-refractivity contribution in [1.29, 1.82) is 0 Å². The summed E-state index contributed by atoms with van der Waals surface area (Å²) >= 11 is 6.19. The van der Waals surface area contributed by atoms with Crippen molar-refractivity contribution in [3.8, 4) is 0 Å². The lowest BCUT2D eigenvalue weighted by Gasteiger charge is -2.12. The van der Waals surface area contributed by atoms with Crippen molar-refractivity contribution >= 4 is 46.5 Å². The van der Waals surface area contributed by atoms with E-state index >= 15 is 0 Å². The summed E-state index contributed by atoms with van der Waals surface area (Å²) in [6, 6.07) is 19.2. The highest BCUT2D eigenvalue weighted by Gasteiger charge is 2.16. The zero-order valence-corrected chi connectivity index (χ0v) is 17.1. The fraction of sp³-hybridized carbons (Fsp3) is 0.0435. The van der Waals surface area contributed by atoms with Crippen LogP contribution in [0.1, 0.15) is 21.5 Å². The van der Waals surface area contributed by atoms with Gasteiger partial charge >= 0.3 is 5.97 Å². The van der Waals surface area contributed by atoms with Crippen LogP contribution in [-0.2, 0) is 9.53 Å². The van der Waals surface area contributed by atoms with Crippen LogP contribution in [0.15, 0.2) is 72.8 Å². The molecule has 1 N–H and O–H groups in total. The van der Waals surface area contributed by atoms with Crippen LogP contribution in [0.5, 0.6) is 0 Å². The van der Waals surface area contributed by atoms with E-state index in [4.69, 9.17) is 16.3 Å². The van der Waals surface area contributed by atoms with E-state index in [1.54, 1.807) is 42.5 Å². The van der Waals surface area contributed by atoms with E-state index in [9.17, 15) is 19.7 Å². The standard InChI is InChI=1S/C23H17ClN2O5/c1-31-23(28)17-10-11-20(24)21(14-17)25-22(27)19(16-7-3-2-4-8-16)13-15-6-5-9-18(12-15)26(29)30/h2-14H,1H3,(H,25,27)/b19-13+. The molecule has 156 valence electrons. The first-order valence-electron chi connectivity index (χ1n) is 9.10. The summed E-state index contributed by atoms with van der Waals surface area (Å²) in [7, 11) is 1.25. The number of anilines is 1. The molecule has 0 saturated heterocycles. The molecule has 0 aliphatic heterocycles. The van der Waals surface area contributed by atoms with Crippen LogP contribution >= 0.6 is 11.6 Å². The molecule has 3 aromatic carbocycles. The Labute approximate surface area is 183 Å². The normalized spacial score (nSPS) is 11.0. The summed E-state index contributed by atoms with van der Waals surface area (Å²) in [5.41, 5.74) is 1.72. The summed E-state index contributed by atoms with van der Waals surface area (Å²) in [6.45, 7) is 0. The predicted octanol–water partition coefficient (Wildman–Crippen LogP) is 5.21. The van der Waals surface area contributed by atoms with Crippen LogP contribution in [0, 0.1) is 10.1 Å². The minimum Gasteiger partial charge on any atom is -0.465 e. The molecular weight excluding hydrogens is 420 g/mol. The number of amides is 1. The Balaban J connectivity index is 2.01. The third-order valence-corrected chi connectivity index (χ3v) is 4.69. The maximum Gasteiger partial charge on any atom is 0.337 e. The molecule has 1 amide bonds. The number of methoxy groups -OCH3 is 1. The summed E-state index contributed by atoms with van der Waals surface area (Å²) in [5, 5.41) is 14.0. The molecule has 3 aromatic rings. The third-order valence-electron chi connectivity index (χ3n) is 4.36. The van der Waals surface area contributed by atoms with E-state index in [2.05, 4.69) is 5.32 Å². The lowest BCUT2D eigenvalue weighted by molar-refractivity contribution is -0.384. The second-order valence-electron chi connectivity index (χ2n) is 6.42. The first-order chi connectivity index (χ1) is 14.9. The zero-order chi connectivity index (χ0) is 22.4. The van der Waals surface area contributed by atoms with Crippen molar-refractivity contribution in [2.24, 2.45) is 0 Å². The highest BCUT2D eigenvalue weighted by atomic mass is 35.5. The molecule has 7 nitrogen and oxygen atoms in total. The number of benzene rings is 3. The maximum atomic E-state index is 13.2. The quantitative estimate of drug-likeness (QED) is 0.188. The fourth-order valence-electron chi connectivity index (χ4n) is 2.85.